The average Bonchev–Trinajstić information content (AvgIpc) is 3.09. The van der Waals surface area contributed by atoms with Gasteiger partial charge < -0.3 is 5.32 Å². The zero-order valence-electron chi connectivity index (χ0n) is 10.7. The molecule has 1 saturated carbocycles. The van der Waals surface area contributed by atoms with Crippen LogP contribution in [0.5, 0.6) is 0 Å². The van der Waals surface area contributed by atoms with E-state index >= 15 is 0 Å². The molecule has 17 heavy (non-hydrogen) atoms. The van der Waals surface area contributed by atoms with Gasteiger partial charge in [-0.1, -0.05) is 26.0 Å². The maximum atomic E-state index is 12.9. The molecule has 0 saturated heterocycles. The zero-order valence-corrected chi connectivity index (χ0v) is 10.7. The van der Waals surface area contributed by atoms with Gasteiger partial charge in [-0.2, -0.15) is 0 Å². The zero-order chi connectivity index (χ0) is 12.3. The van der Waals surface area contributed by atoms with Crippen molar-refractivity contribution in [3.8, 4) is 0 Å². The molecule has 1 aromatic carbocycles. The van der Waals surface area contributed by atoms with Crippen molar-refractivity contribution in [1.29, 1.82) is 0 Å². The summed E-state index contributed by atoms with van der Waals surface area (Å²) in [5.74, 6) is 1.04. The molecular formula is C15H22FN. The highest BCUT2D eigenvalue weighted by Gasteiger charge is 2.22. The summed E-state index contributed by atoms with van der Waals surface area (Å²) in [4.78, 5) is 0. The monoisotopic (exact) mass is 235 g/mol. The van der Waals surface area contributed by atoms with E-state index in [1.807, 2.05) is 12.1 Å². The van der Waals surface area contributed by atoms with Gasteiger partial charge in [0.2, 0.25) is 0 Å². The Balaban J connectivity index is 1.99. The van der Waals surface area contributed by atoms with Gasteiger partial charge in [0.1, 0.15) is 5.82 Å². The van der Waals surface area contributed by atoms with Gasteiger partial charge in [-0.3, -0.25) is 0 Å². The topological polar surface area (TPSA) is 12.0 Å². The van der Waals surface area contributed by atoms with Crippen LogP contribution >= 0.6 is 0 Å². The Kier molecular flexibility index (Phi) is 4.16. The lowest BCUT2D eigenvalue weighted by molar-refractivity contribution is 0.469. The van der Waals surface area contributed by atoms with Crippen LogP contribution in [0.15, 0.2) is 24.3 Å². The Hall–Kier alpha value is -0.890. The lowest BCUT2D eigenvalue weighted by atomic mass is 9.90. The number of nitrogens with one attached hydrogen (secondary N) is 1. The highest BCUT2D eigenvalue weighted by molar-refractivity contribution is 5.21. The second-order valence-corrected chi connectivity index (χ2v) is 5.56. The van der Waals surface area contributed by atoms with Crippen molar-refractivity contribution in [1.82, 2.24) is 5.32 Å². The fraction of sp³-hybridized carbons (Fsp3) is 0.600. The molecular weight excluding hydrogens is 213 g/mol. The molecule has 1 N–H and O–H groups in total. The third kappa shape index (κ3) is 4.12. The Morgan fingerprint density at radius 2 is 1.88 bits per heavy atom. The highest BCUT2D eigenvalue weighted by Crippen LogP contribution is 2.26. The molecule has 1 aliphatic rings. The minimum Gasteiger partial charge on any atom is -0.313 e. The molecule has 0 heterocycles. The van der Waals surface area contributed by atoms with E-state index in [0.717, 1.165) is 19.0 Å². The van der Waals surface area contributed by atoms with Gasteiger partial charge in [0.25, 0.3) is 0 Å². The molecule has 0 radical (unpaired) electrons. The van der Waals surface area contributed by atoms with Crippen LogP contribution in [0.25, 0.3) is 0 Å². The Morgan fingerprint density at radius 1 is 1.24 bits per heavy atom. The third-order valence-electron chi connectivity index (χ3n) is 3.33. The predicted octanol–water partition coefficient (Wildman–Crippen LogP) is 3.71. The van der Waals surface area contributed by atoms with Gasteiger partial charge in [0.05, 0.1) is 0 Å². The molecule has 2 heteroatoms. The quantitative estimate of drug-likeness (QED) is 0.792. The van der Waals surface area contributed by atoms with Crippen LogP contribution < -0.4 is 5.32 Å². The molecule has 1 aliphatic carbocycles. The van der Waals surface area contributed by atoms with Crippen molar-refractivity contribution >= 4 is 0 Å². The number of hydrogen-bond donors (Lipinski definition) is 1. The molecule has 1 unspecified atom stereocenters. The Morgan fingerprint density at radius 3 is 2.41 bits per heavy atom. The summed E-state index contributed by atoms with van der Waals surface area (Å²) in [5, 5.41) is 3.58. The summed E-state index contributed by atoms with van der Waals surface area (Å²) < 4.78 is 12.9. The predicted molar refractivity (Wildman–Crippen MR) is 69.6 cm³/mol. The van der Waals surface area contributed by atoms with Crippen LogP contribution in [-0.4, -0.2) is 12.6 Å². The van der Waals surface area contributed by atoms with Crippen molar-refractivity contribution in [2.75, 3.05) is 6.54 Å². The second kappa shape index (κ2) is 5.63. The van der Waals surface area contributed by atoms with Crippen molar-refractivity contribution in [2.45, 2.75) is 45.1 Å². The first-order valence-electron chi connectivity index (χ1n) is 6.64. The van der Waals surface area contributed by atoms with Crippen LogP contribution in [-0.2, 0) is 0 Å². The smallest absolute Gasteiger partial charge is 0.123 e. The molecule has 1 fully saturated rings. The van der Waals surface area contributed by atoms with Crippen molar-refractivity contribution in [3.63, 3.8) is 0 Å². The van der Waals surface area contributed by atoms with Gasteiger partial charge >= 0.3 is 0 Å². The normalized spacial score (nSPS) is 17.4. The average molecular weight is 235 g/mol. The van der Waals surface area contributed by atoms with Crippen LogP contribution in [0.3, 0.4) is 0 Å². The number of hydrogen-bond acceptors (Lipinski definition) is 1. The van der Waals surface area contributed by atoms with Gasteiger partial charge in [-0.15, -0.1) is 0 Å². The van der Waals surface area contributed by atoms with Crippen LogP contribution in [0, 0.1) is 11.7 Å². The van der Waals surface area contributed by atoms with E-state index < -0.39 is 0 Å². The largest absolute Gasteiger partial charge is 0.313 e. The lowest BCUT2D eigenvalue weighted by Gasteiger charge is -2.20. The molecule has 0 amide bonds. The van der Waals surface area contributed by atoms with E-state index in [-0.39, 0.29) is 5.82 Å². The molecule has 1 atom stereocenters. The number of rotatable bonds is 6. The summed E-state index contributed by atoms with van der Waals surface area (Å²) in [5.41, 5.74) is 1.26. The Bertz CT molecular complexity index is 340. The summed E-state index contributed by atoms with van der Waals surface area (Å²) in [6.07, 6.45) is 3.79. The third-order valence-corrected chi connectivity index (χ3v) is 3.33. The maximum absolute atomic E-state index is 12.9. The van der Waals surface area contributed by atoms with E-state index in [9.17, 15) is 4.39 Å². The molecule has 0 aromatic heterocycles. The van der Waals surface area contributed by atoms with E-state index in [0.29, 0.717) is 11.8 Å². The van der Waals surface area contributed by atoms with Crippen molar-refractivity contribution in [2.24, 2.45) is 5.92 Å². The van der Waals surface area contributed by atoms with Crippen molar-refractivity contribution in [3.05, 3.63) is 35.6 Å². The van der Waals surface area contributed by atoms with E-state index in [1.54, 1.807) is 12.1 Å². The number of benzene rings is 1. The molecule has 0 aliphatic heterocycles. The van der Waals surface area contributed by atoms with Gasteiger partial charge in [-0.05, 0) is 48.8 Å². The minimum absolute atomic E-state index is 0.146. The van der Waals surface area contributed by atoms with Gasteiger partial charge in [0.15, 0.2) is 0 Å². The van der Waals surface area contributed by atoms with Gasteiger partial charge in [-0.25, -0.2) is 4.39 Å². The Labute approximate surface area is 103 Å². The molecule has 0 spiro atoms. The van der Waals surface area contributed by atoms with E-state index in [2.05, 4.69) is 19.2 Å². The van der Waals surface area contributed by atoms with E-state index in [4.69, 9.17) is 0 Å². The summed E-state index contributed by atoms with van der Waals surface area (Å²) in [6.45, 7) is 5.51. The highest BCUT2D eigenvalue weighted by atomic mass is 19.1. The van der Waals surface area contributed by atoms with E-state index in [1.165, 1.54) is 18.4 Å². The molecule has 1 nitrogen and oxygen atoms in total. The van der Waals surface area contributed by atoms with Crippen LogP contribution in [0.4, 0.5) is 4.39 Å². The molecule has 94 valence electrons. The second-order valence-electron chi connectivity index (χ2n) is 5.56. The summed E-state index contributed by atoms with van der Waals surface area (Å²) >= 11 is 0. The fourth-order valence-electron chi connectivity index (χ4n) is 2.24. The fourth-order valence-corrected chi connectivity index (χ4v) is 2.24. The standard InChI is InChI=1S/C15H22FN/c1-11(2)9-13(10-17-15-7-8-15)12-3-5-14(16)6-4-12/h3-6,11,13,15,17H,7-10H2,1-2H3. The summed E-state index contributed by atoms with van der Waals surface area (Å²) in [7, 11) is 0. The SMILES string of the molecule is CC(C)CC(CNC1CC1)c1ccc(F)cc1. The first kappa shape index (κ1) is 12.6. The van der Waals surface area contributed by atoms with Crippen LogP contribution in [0.1, 0.15) is 44.6 Å². The first-order chi connectivity index (χ1) is 8.15. The molecule has 1 aromatic rings. The molecule has 0 bridgehead atoms. The number of halogens is 1. The molecule has 2 rings (SSSR count). The van der Waals surface area contributed by atoms with Crippen LogP contribution in [0.2, 0.25) is 0 Å². The first-order valence-corrected chi connectivity index (χ1v) is 6.64. The summed E-state index contributed by atoms with van der Waals surface area (Å²) in [6, 6.07) is 7.73. The maximum Gasteiger partial charge on any atom is 0.123 e. The van der Waals surface area contributed by atoms with Gasteiger partial charge in [0, 0.05) is 12.6 Å². The minimum atomic E-state index is -0.146. The van der Waals surface area contributed by atoms with Crippen molar-refractivity contribution < 1.29 is 4.39 Å². The lowest BCUT2D eigenvalue weighted by Crippen LogP contribution is -2.24.